The van der Waals surface area contributed by atoms with Gasteiger partial charge in [-0.25, -0.2) is 0 Å². The molecule has 28 heavy (non-hydrogen) atoms. The minimum absolute atomic E-state index is 0.0241. The van der Waals surface area contributed by atoms with Crippen molar-refractivity contribution in [1.82, 2.24) is 0 Å². The molecule has 0 unspecified atom stereocenters. The van der Waals surface area contributed by atoms with E-state index >= 15 is 0 Å². The average Bonchev–Trinajstić information content (AvgIpc) is 3.14. The van der Waals surface area contributed by atoms with Gasteiger partial charge in [0.05, 0.1) is 6.42 Å². The van der Waals surface area contributed by atoms with Crippen LogP contribution in [0.25, 0.3) is 0 Å². The second-order valence-corrected chi connectivity index (χ2v) is 7.20. The predicted molar refractivity (Wildman–Crippen MR) is 112 cm³/mol. The molecular weight excluding hydrogens is 372 g/mol. The van der Waals surface area contributed by atoms with E-state index in [9.17, 15) is 9.59 Å². The number of benzene rings is 3. The van der Waals surface area contributed by atoms with Gasteiger partial charge in [0, 0.05) is 28.5 Å². The SMILES string of the molecule is O=C(Cc1ccc(Cl)cc1)Nc1ccc(C(=O)N2CCc3ccccc32)cc1. The van der Waals surface area contributed by atoms with Crippen LogP contribution in [0.1, 0.15) is 21.5 Å². The Hall–Kier alpha value is -3.11. The number of hydrogen-bond acceptors (Lipinski definition) is 2. The van der Waals surface area contributed by atoms with Gasteiger partial charge in [0.15, 0.2) is 0 Å². The van der Waals surface area contributed by atoms with Crippen LogP contribution >= 0.6 is 11.6 Å². The van der Waals surface area contributed by atoms with Gasteiger partial charge in [0.25, 0.3) is 5.91 Å². The lowest BCUT2D eigenvalue weighted by Gasteiger charge is -2.17. The monoisotopic (exact) mass is 390 g/mol. The zero-order valence-corrected chi connectivity index (χ0v) is 15.9. The van der Waals surface area contributed by atoms with Crippen LogP contribution < -0.4 is 10.2 Å². The summed E-state index contributed by atoms with van der Waals surface area (Å²) in [5.74, 6) is -0.140. The molecule has 4 rings (SSSR count). The fourth-order valence-electron chi connectivity index (χ4n) is 3.39. The lowest BCUT2D eigenvalue weighted by Crippen LogP contribution is -2.28. The largest absolute Gasteiger partial charge is 0.326 e. The van der Waals surface area contributed by atoms with Crippen molar-refractivity contribution in [3.8, 4) is 0 Å². The minimum atomic E-state index is -0.116. The summed E-state index contributed by atoms with van der Waals surface area (Å²) in [5.41, 5.74) is 4.33. The lowest BCUT2D eigenvalue weighted by atomic mass is 10.1. The Morgan fingerprint density at radius 2 is 1.64 bits per heavy atom. The van der Waals surface area contributed by atoms with Crippen molar-refractivity contribution in [1.29, 1.82) is 0 Å². The fraction of sp³-hybridized carbons (Fsp3) is 0.130. The van der Waals surface area contributed by atoms with Crippen LogP contribution in [0.2, 0.25) is 5.02 Å². The molecule has 0 spiro atoms. The number of para-hydroxylation sites is 1. The molecule has 0 saturated carbocycles. The molecule has 0 fully saturated rings. The Labute approximate surface area is 168 Å². The van der Waals surface area contributed by atoms with E-state index in [4.69, 9.17) is 11.6 Å². The molecule has 0 saturated heterocycles. The van der Waals surface area contributed by atoms with Crippen molar-refractivity contribution in [3.63, 3.8) is 0 Å². The molecule has 3 aromatic rings. The summed E-state index contributed by atoms with van der Waals surface area (Å²) in [4.78, 5) is 26.9. The van der Waals surface area contributed by atoms with Crippen LogP contribution in [-0.2, 0) is 17.6 Å². The van der Waals surface area contributed by atoms with Crippen molar-refractivity contribution in [2.45, 2.75) is 12.8 Å². The first kappa shape index (κ1) is 18.3. The van der Waals surface area contributed by atoms with E-state index in [1.165, 1.54) is 5.56 Å². The molecule has 1 aliphatic rings. The highest BCUT2D eigenvalue weighted by Gasteiger charge is 2.24. The van der Waals surface area contributed by atoms with Crippen molar-refractivity contribution >= 4 is 34.8 Å². The van der Waals surface area contributed by atoms with Crippen LogP contribution in [0.4, 0.5) is 11.4 Å². The summed E-state index contributed by atoms with van der Waals surface area (Å²) in [6, 6.07) is 22.2. The molecule has 0 aromatic heterocycles. The number of nitrogens with zero attached hydrogens (tertiary/aromatic N) is 1. The van der Waals surface area contributed by atoms with Gasteiger partial charge in [-0.1, -0.05) is 41.9 Å². The number of amides is 2. The number of halogens is 1. The van der Waals surface area contributed by atoms with Gasteiger partial charge in [-0.15, -0.1) is 0 Å². The Morgan fingerprint density at radius 1 is 0.929 bits per heavy atom. The molecule has 0 aliphatic carbocycles. The third-order valence-electron chi connectivity index (χ3n) is 4.83. The molecule has 2 amide bonds. The first-order valence-electron chi connectivity index (χ1n) is 9.14. The van der Waals surface area contributed by atoms with Gasteiger partial charge >= 0.3 is 0 Å². The Kier molecular flexibility index (Phi) is 5.13. The maximum absolute atomic E-state index is 12.8. The van der Waals surface area contributed by atoms with E-state index in [-0.39, 0.29) is 18.2 Å². The Morgan fingerprint density at radius 3 is 2.39 bits per heavy atom. The zero-order valence-electron chi connectivity index (χ0n) is 15.2. The quantitative estimate of drug-likeness (QED) is 0.700. The number of carbonyl (C=O) groups excluding carboxylic acids is 2. The van der Waals surface area contributed by atoms with E-state index in [1.54, 1.807) is 36.4 Å². The molecular formula is C23H19ClN2O2. The zero-order chi connectivity index (χ0) is 19.5. The third kappa shape index (κ3) is 3.92. The molecule has 5 heteroatoms. The standard InChI is InChI=1S/C23H19ClN2O2/c24-19-9-5-16(6-10-19)15-22(27)25-20-11-7-18(8-12-20)23(28)26-14-13-17-3-1-2-4-21(17)26/h1-12H,13-15H2,(H,25,27). The van der Waals surface area contributed by atoms with Crippen LogP contribution in [0.3, 0.4) is 0 Å². The molecule has 3 aromatic carbocycles. The summed E-state index contributed by atoms with van der Waals surface area (Å²) in [5, 5.41) is 3.50. The summed E-state index contributed by atoms with van der Waals surface area (Å²) in [6.07, 6.45) is 1.14. The first-order valence-corrected chi connectivity index (χ1v) is 9.52. The average molecular weight is 391 g/mol. The number of hydrogen-bond donors (Lipinski definition) is 1. The summed E-state index contributed by atoms with van der Waals surface area (Å²) < 4.78 is 0. The molecule has 4 nitrogen and oxygen atoms in total. The predicted octanol–water partition coefficient (Wildman–Crippen LogP) is 4.72. The van der Waals surface area contributed by atoms with E-state index in [0.717, 1.165) is 17.7 Å². The van der Waals surface area contributed by atoms with Crippen molar-refractivity contribution in [3.05, 3.63) is 94.5 Å². The molecule has 1 heterocycles. The van der Waals surface area contributed by atoms with Gasteiger partial charge in [-0.3, -0.25) is 9.59 Å². The van der Waals surface area contributed by atoms with E-state index < -0.39 is 0 Å². The number of fused-ring (bicyclic) bond motifs is 1. The number of nitrogens with one attached hydrogen (secondary N) is 1. The highest BCUT2D eigenvalue weighted by atomic mass is 35.5. The normalized spacial score (nSPS) is 12.5. The molecule has 0 radical (unpaired) electrons. The summed E-state index contributed by atoms with van der Waals surface area (Å²) in [6.45, 7) is 0.692. The van der Waals surface area contributed by atoms with E-state index in [0.29, 0.717) is 22.8 Å². The number of rotatable bonds is 4. The van der Waals surface area contributed by atoms with E-state index in [1.807, 2.05) is 35.2 Å². The van der Waals surface area contributed by atoms with Crippen LogP contribution in [0.15, 0.2) is 72.8 Å². The van der Waals surface area contributed by atoms with Crippen molar-refractivity contribution in [2.24, 2.45) is 0 Å². The number of carbonyl (C=O) groups is 2. The van der Waals surface area contributed by atoms with Gasteiger partial charge < -0.3 is 10.2 Å². The van der Waals surface area contributed by atoms with Crippen molar-refractivity contribution in [2.75, 3.05) is 16.8 Å². The summed E-state index contributed by atoms with van der Waals surface area (Å²) in [7, 11) is 0. The third-order valence-corrected chi connectivity index (χ3v) is 5.08. The number of anilines is 2. The van der Waals surface area contributed by atoms with Gasteiger partial charge in [-0.05, 0) is 60.0 Å². The highest BCUT2D eigenvalue weighted by molar-refractivity contribution is 6.30. The van der Waals surface area contributed by atoms with Crippen LogP contribution in [0, 0.1) is 0 Å². The fourth-order valence-corrected chi connectivity index (χ4v) is 3.52. The second kappa shape index (κ2) is 7.87. The first-order chi connectivity index (χ1) is 13.6. The van der Waals surface area contributed by atoms with Crippen LogP contribution in [-0.4, -0.2) is 18.4 Å². The molecule has 0 bridgehead atoms. The second-order valence-electron chi connectivity index (χ2n) is 6.76. The van der Waals surface area contributed by atoms with Gasteiger partial charge in [0.1, 0.15) is 0 Å². The lowest BCUT2D eigenvalue weighted by molar-refractivity contribution is -0.115. The maximum Gasteiger partial charge on any atom is 0.258 e. The molecule has 0 atom stereocenters. The molecule has 1 aliphatic heterocycles. The Bertz CT molecular complexity index is 1010. The topological polar surface area (TPSA) is 49.4 Å². The molecule has 140 valence electrons. The maximum atomic E-state index is 12.8. The Balaban J connectivity index is 1.40. The smallest absolute Gasteiger partial charge is 0.258 e. The molecule has 1 N–H and O–H groups in total. The van der Waals surface area contributed by atoms with E-state index in [2.05, 4.69) is 11.4 Å². The highest BCUT2D eigenvalue weighted by Crippen LogP contribution is 2.29. The summed E-state index contributed by atoms with van der Waals surface area (Å²) >= 11 is 5.86. The van der Waals surface area contributed by atoms with Crippen molar-refractivity contribution < 1.29 is 9.59 Å². The van der Waals surface area contributed by atoms with Gasteiger partial charge in [0.2, 0.25) is 5.91 Å². The van der Waals surface area contributed by atoms with Crippen LogP contribution in [0.5, 0.6) is 0 Å². The van der Waals surface area contributed by atoms with Gasteiger partial charge in [-0.2, -0.15) is 0 Å². The minimum Gasteiger partial charge on any atom is -0.326 e.